The fourth-order valence-corrected chi connectivity index (χ4v) is 6.63. The van der Waals surface area contributed by atoms with Crippen LogP contribution in [0.2, 0.25) is 0 Å². The lowest BCUT2D eigenvalue weighted by Crippen LogP contribution is -2.45. The highest BCUT2D eigenvalue weighted by atomic mass is 16.2. The molecule has 0 bridgehead atoms. The number of aliphatic imine (C=N–C) groups is 4. The highest BCUT2D eigenvalue weighted by Gasteiger charge is 2.22. The molecule has 2 fully saturated rings. The van der Waals surface area contributed by atoms with Crippen LogP contribution in [0, 0.1) is 11.8 Å². The van der Waals surface area contributed by atoms with Crippen molar-refractivity contribution in [1.29, 1.82) is 0 Å². The van der Waals surface area contributed by atoms with Crippen LogP contribution in [0.4, 0.5) is 4.79 Å². The molecule has 0 unspecified atom stereocenters. The van der Waals surface area contributed by atoms with Gasteiger partial charge < -0.3 is 54.8 Å². The number of carbonyl (C=O) groups excluding carboxylic acids is 1. The number of urea groups is 1. The van der Waals surface area contributed by atoms with Crippen molar-refractivity contribution in [2.45, 2.75) is 154 Å². The summed E-state index contributed by atoms with van der Waals surface area (Å²) in [6.45, 7) is 8.00. The molecule has 2 saturated carbocycles. The molecule has 2 aliphatic rings. The average molecular weight is 789 g/mol. The van der Waals surface area contributed by atoms with Crippen LogP contribution in [0.15, 0.2) is 20.0 Å². The first-order chi connectivity index (χ1) is 27.2. The second-order valence-corrected chi connectivity index (χ2v) is 16.1. The zero-order valence-corrected chi connectivity index (χ0v) is 35.3. The minimum Gasteiger partial charge on any atom is -0.370 e. The van der Waals surface area contributed by atoms with Gasteiger partial charge in [0.2, 0.25) is 0 Å². The molecular formula is C41H84N14O. The van der Waals surface area contributed by atoms with E-state index in [-0.39, 0.29) is 18.0 Å². The Morgan fingerprint density at radius 2 is 0.732 bits per heavy atom. The number of rotatable bonds is 36. The Hall–Kier alpha value is -3.65. The monoisotopic (exact) mass is 789 g/mol. The summed E-state index contributed by atoms with van der Waals surface area (Å²) in [5.41, 5.74) is 33.9. The molecule has 0 aromatic rings. The molecule has 2 aliphatic carbocycles. The van der Waals surface area contributed by atoms with Crippen molar-refractivity contribution < 1.29 is 4.79 Å². The molecule has 0 radical (unpaired) electrons. The van der Waals surface area contributed by atoms with E-state index in [1.165, 1.54) is 25.7 Å². The molecule has 0 heterocycles. The second kappa shape index (κ2) is 32.4. The number of carbonyl (C=O) groups is 1. The molecule has 0 aromatic carbocycles. The number of unbranched alkanes of at least 4 members (excludes halogenated alkanes) is 16. The molecule has 14 N–H and O–H groups in total. The summed E-state index contributed by atoms with van der Waals surface area (Å²) in [5.74, 6) is 2.95. The molecule has 2 rings (SSSR count). The maximum Gasteiger partial charge on any atom is 0.319 e. The normalized spacial score (nSPS) is 14.4. The summed E-state index contributed by atoms with van der Waals surface area (Å²) >= 11 is 0. The number of guanidine groups is 4. The molecule has 0 saturated heterocycles. The van der Waals surface area contributed by atoms with E-state index in [4.69, 9.17) is 34.4 Å². The lowest BCUT2D eigenvalue weighted by Gasteiger charge is -2.31. The smallest absolute Gasteiger partial charge is 0.319 e. The summed E-state index contributed by atoms with van der Waals surface area (Å²) in [7, 11) is 0. The van der Waals surface area contributed by atoms with E-state index in [1.54, 1.807) is 0 Å². The molecule has 0 atom stereocenters. The van der Waals surface area contributed by atoms with Crippen LogP contribution in [-0.2, 0) is 0 Å². The van der Waals surface area contributed by atoms with Crippen LogP contribution < -0.4 is 45.0 Å². The van der Waals surface area contributed by atoms with Gasteiger partial charge in [0.05, 0.1) is 0 Å². The molecular weight excluding hydrogens is 705 g/mol. The molecule has 56 heavy (non-hydrogen) atoms. The molecule has 0 spiro atoms. The van der Waals surface area contributed by atoms with Crippen molar-refractivity contribution in [3.05, 3.63) is 0 Å². The van der Waals surface area contributed by atoms with E-state index in [0.29, 0.717) is 25.0 Å². The van der Waals surface area contributed by atoms with Crippen molar-refractivity contribution in [3.63, 3.8) is 0 Å². The van der Waals surface area contributed by atoms with Crippen LogP contribution in [0.25, 0.3) is 0 Å². The molecule has 2 amide bonds. The van der Waals surface area contributed by atoms with Crippen molar-refractivity contribution >= 4 is 29.9 Å². The number of nitrogens with two attached hydrogens (primary N) is 6. The maximum absolute atomic E-state index is 14.3. The Balaban J connectivity index is 1.84. The second-order valence-electron chi connectivity index (χ2n) is 16.1. The Morgan fingerprint density at radius 3 is 1.05 bits per heavy atom. The van der Waals surface area contributed by atoms with Gasteiger partial charge in [-0.2, -0.15) is 0 Å². The van der Waals surface area contributed by atoms with Gasteiger partial charge in [0.1, 0.15) is 0 Å². The van der Waals surface area contributed by atoms with Gasteiger partial charge in [-0.15, -0.1) is 0 Å². The fourth-order valence-electron chi connectivity index (χ4n) is 6.63. The average Bonchev–Trinajstić information content (AvgIpc) is 4.11. The van der Waals surface area contributed by atoms with Gasteiger partial charge in [0.15, 0.2) is 23.8 Å². The minimum atomic E-state index is 0.165. The van der Waals surface area contributed by atoms with Crippen LogP contribution in [0.1, 0.15) is 154 Å². The molecule has 15 nitrogen and oxygen atoms in total. The number of hydrogen-bond donors (Lipinski definition) is 8. The lowest BCUT2D eigenvalue weighted by atomic mass is 10.1. The van der Waals surface area contributed by atoms with Crippen LogP contribution in [-0.4, -0.2) is 105 Å². The van der Waals surface area contributed by atoms with Gasteiger partial charge in [-0.05, 0) is 88.9 Å². The third kappa shape index (κ3) is 29.6. The molecule has 15 heteroatoms. The van der Waals surface area contributed by atoms with Crippen LogP contribution >= 0.6 is 0 Å². The Labute approximate surface area is 340 Å². The highest BCUT2D eigenvalue weighted by molar-refractivity contribution is 5.78. The first-order valence-corrected chi connectivity index (χ1v) is 22.5. The standard InChI is InChI=1S/C41H84N14O/c42-37(43)48-25-13-5-1-3-9-17-29-54(31-19-11-7-15-27-50-39(46)52-33-35-21-22-35)41(56)55(30-18-10-4-2-6-14-26-49-38(44)45)32-20-12-8-16-28-51-40(47)53-34-36-23-24-36/h35-36H,1-34H2,(H4,42,43,48)(H4,44,45,49)(H3,46,50,52)(H3,47,51,53). The van der Waals surface area contributed by atoms with E-state index >= 15 is 0 Å². The third-order valence-corrected chi connectivity index (χ3v) is 10.6. The number of nitrogens with zero attached hydrogens (tertiary/aromatic N) is 6. The molecule has 0 aliphatic heterocycles. The largest absolute Gasteiger partial charge is 0.370 e. The molecule has 0 aromatic heterocycles. The Morgan fingerprint density at radius 1 is 0.429 bits per heavy atom. The van der Waals surface area contributed by atoms with Crippen molar-refractivity contribution in [2.75, 3.05) is 65.4 Å². The number of hydrogen-bond acceptors (Lipinski definition) is 5. The Kier molecular flexibility index (Phi) is 28.1. The third-order valence-electron chi connectivity index (χ3n) is 10.6. The van der Waals surface area contributed by atoms with Gasteiger partial charge in [-0.3, -0.25) is 20.0 Å². The Bertz CT molecular complexity index is 1030. The summed E-state index contributed by atoms with van der Waals surface area (Å²) in [4.78, 5) is 35.6. The summed E-state index contributed by atoms with van der Waals surface area (Å²) in [5, 5.41) is 6.53. The lowest BCUT2D eigenvalue weighted by molar-refractivity contribution is 0.148. The van der Waals surface area contributed by atoms with E-state index in [0.717, 1.165) is 193 Å². The fraction of sp³-hybridized carbons (Fsp3) is 0.878. The zero-order chi connectivity index (χ0) is 40.5. The van der Waals surface area contributed by atoms with Gasteiger partial charge in [-0.25, -0.2) is 4.79 Å². The van der Waals surface area contributed by atoms with Crippen molar-refractivity contribution in [2.24, 2.45) is 66.2 Å². The summed E-state index contributed by atoms with van der Waals surface area (Å²) in [6.07, 6.45) is 26.8. The van der Waals surface area contributed by atoms with Crippen molar-refractivity contribution in [3.8, 4) is 0 Å². The van der Waals surface area contributed by atoms with E-state index in [2.05, 4.69) is 40.4 Å². The predicted molar refractivity (Wildman–Crippen MR) is 237 cm³/mol. The quantitative estimate of drug-likeness (QED) is 0.0249. The van der Waals surface area contributed by atoms with Crippen LogP contribution in [0.3, 0.4) is 0 Å². The summed E-state index contributed by atoms with van der Waals surface area (Å²) < 4.78 is 0. The highest BCUT2D eigenvalue weighted by Crippen LogP contribution is 2.29. The minimum absolute atomic E-state index is 0.165. The van der Waals surface area contributed by atoms with E-state index in [1.807, 2.05) is 0 Å². The topological polar surface area (TPSA) is 253 Å². The van der Waals surface area contributed by atoms with E-state index in [9.17, 15) is 4.79 Å². The van der Waals surface area contributed by atoms with Gasteiger partial charge in [-0.1, -0.05) is 77.0 Å². The number of amides is 2. The predicted octanol–water partition coefficient (Wildman–Crippen LogP) is 4.69. The molecule has 324 valence electrons. The first-order valence-electron chi connectivity index (χ1n) is 22.5. The zero-order valence-electron chi connectivity index (χ0n) is 35.3. The first kappa shape index (κ1) is 48.5. The van der Waals surface area contributed by atoms with Gasteiger partial charge in [0.25, 0.3) is 0 Å². The van der Waals surface area contributed by atoms with Gasteiger partial charge in [0, 0.05) is 65.4 Å². The maximum atomic E-state index is 14.3. The number of nitrogens with one attached hydrogen (secondary N) is 2. The van der Waals surface area contributed by atoms with Gasteiger partial charge >= 0.3 is 6.03 Å². The summed E-state index contributed by atoms with van der Waals surface area (Å²) in [6, 6.07) is 0.210. The van der Waals surface area contributed by atoms with E-state index < -0.39 is 0 Å². The SMILES string of the molecule is NC(N)=NCCCCCCCCN(CCCCCCNC(N)=NCC1CC1)C(=O)N(CCCCCCCCN=C(N)N)CCCCCCNC(N)=NCC1CC1. The van der Waals surface area contributed by atoms with Crippen LogP contribution in [0.5, 0.6) is 0 Å². The van der Waals surface area contributed by atoms with Crippen molar-refractivity contribution in [1.82, 2.24) is 20.4 Å².